The number of aliphatic carboxylic acids is 1. The van der Waals surface area contributed by atoms with E-state index in [2.05, 4.69) is 154 Å². The number of rotatable bonds is 50. The molecule has 454 valence electrons. The topological polar surface area (TPSA) is 175 Å². The van der Waals surface area contributed by atoms with Crippen LogP contribution in [-0.2, 0) is 42.9 Å². The summed E-state index contributed by atoms with van der Waals surface area (Å²) in [7, 11) is 0. The number of aliphatic hydroxyl groups excluding tert-OH is 2. The van der Waals surface area contributed by atoms with Crippen molar-refractivity contribution in [2.75, 3.05) is 13.2 Å². The Kier molecular flexibility index (Phi) is 50.1. The number of carboxylic acids is 1. The Morgan fingerprint density at radius 3 is 1.17 bits per heavy atom. The molecule has 1 heterocycles. The zero-order chi connectivity index (χ0) is 58.9. The third-order valence-electron chi connectivity index (χ3n) is 12.9. The molecule has 1 rings (SSSR count). The van der Waals surface area contributed by atoms with Gasteiger partial charge in [-0.05, 0) is 122 Å². The van der Waals surface area contributed by atoms with Crippen LogP contribution in [-0.4, -0.2) is 89.2 Å². The molecule has 0 aliphatic carbocycles. The van der Waals surface area contributed by atoms with Crippen molar-refractivity contribution in [1.29, 1.82) is 0 Å². The summed E-state index contributed by atoms with van der Waals surface area (Å²) in [6.45, 7) is 5.56. The fourth-order valence-corrected chi connectivity index (χ4v) is 8.30. The molecule has 0 spiro atoms. The predicted molar refractivity (Wildman–Crippen MR) is 330 cm³/mol. The molecule has 1 aliphatic rings. The molecule has 1 aliphatic heterocycles. The number of ether oxygens (including phenoxy) is 5. The van der Waals surface area contributed by atoms with Crippen LogP contribution in [0.15, 0.2) is 146 Å². The lowest BCUT2D eigenvalue weighted by atomic mass is 9.98. The van der Waals surface area contributed by atoms with Crippen LogP contribution in [0.25, 0.3) is 0 Å². The molecule has 0 aromatic carbocycles. The molecule has 0 saturated carbocycles. The Bertz CT molecular complexity index is 1960. The van der Waals surface area contributed by atoms with E-state index in [9.17, 15) is 34.5 Å². The van der Waals surface area contributed by atoms with Crippen LogP contribution >= 0.6 is 0 Å². The van der Waals surface area contributed by atoms with E-state index >= 15 is 0 Å². The van der Waals surface area contributed by atoms with E-state index in [0.29, 0.717) is 25.7 Å². The molecule has 0 amide bonds. The maximum atomic E-state index is 13.1. The molecule has 0 aromatic heterocycles. The Balaban J connectivity index is 2.71. The number of carbonyl (C=O) groups excluding carboxylic acids is 3. The van der Waals surface area contributed by atoms with Crippen LogP contribution in [0.1, 0.15) is 213 Å². The first kappa shape index (κ1) is 73.6. The summed E-state index contributed by atoms with van der Waals surface area (Å²) in [5, 5.41) is 31.5. The zero-order valence-corrected chi connectivity index (χ0v) is 50.0. The summed E-state index contributed by atoms with van der Waals surface area (Å²) < 4.78 is 28.3. The molecule has 12 nitrogen and oxygen atoms in total. The standard InChI is InChI=1S/C69H106O12/c1-4-7-10-13-16-19-22-25-27-29-31-33-35-38-40-43-46-49-52-55-61(70)77-58-60(79-62(71)56-53-50-47-44-41-37-24-21-18-15-12-9-6-3)59-78-69-67(65(74)64(73)66(81-69)68(75)76)80-63(72)57-54-51-48-45-42-39-36-34-32-30-28-26-23-20-17-14-11-8-5-2/h7-12,16-21,25-28,31-34,37,41,47,50,60,64-67,69,73-74H,4-6,13-15,22-24,29-30,35-36,38-40,42-46,48-49,51-59H2,1-3H3,(H,75,76)/b10-7-,11-8-,12-9-,19-16-,20-17-,21-18-,27-25-,28-26-,33-31-,34-32-,41-37-,50-47-. The van der Waals surface area contributed by atoms with Crippen molar-refractivity contribution in [3.05, 3.63) is 146 Å². The molecule has 1 saturated heterocycles. The SMILES string of the molecule is CC/C=C\C/C=C\C/C=C\C/C=C\CCCCCCCCC(=O)OCC(COC1OC(C(=O)O)C(O)C(O)C1OC(=O)CCCCCCCC/C=C\C/C=C\C/C=C\C/C=C\CC)OC(=O)CC/C=C\C/C=C\C/C=C\C/C=C\CC. The summed E-state index contributed by atoms with van der Waals surface area (Å²) in [4.78, 5) is 51.2. The fourth-order valence-electron chi connectivity index (χ4n) is 8.30. The van der Waals surface area contributed by atoms with Crippen LogP contribution < -0.4 is 0 Å². The number of esters is 3. The minimum absolute atomic E-state index is 0.0263. The van der Waals surface area contributed by atoms with Gasteiger partial charge in [0.05, 0.1) is 6.61 Å². The largest absolute Gasteiger partial charge is 0.479 e. The summed E-state index contributed by atoms with van der Waals surface area (Å²) in [6, 6.07) is 0. The second kappa shape index (κ2) is 55.2. The average molecular weight is 1130 g/mol. The van der Waals surface area contributed by atoms with Gasteiger partial charge in [-0.3, -0.25) is 14.4 Å². The molecule has 12 heteroatoms. The highest BCUT2D eigenvalue weighted by Gasteiger charge is 2.50. The van der Waals surface area contributed by atoms with Gasteiger partial charge in [-0.2, -0.15) is 0 Å². The van der Waals surface area contributed by atoms with Gasteiger partial charge in [-0.25, -0.2) is 4.79 Å². The minimum Gasteiger partial charge on any atom is -0.479 e. The first-order chi connectivity index (χ1) is 39.6. The van der Waals surface area contributed by atoms with Crippen LogP contribution in [0.2, 0.25) is 0 Å². The van der Waals surface area contributed by atoms with Gasteiger partial charge in [0, 0.05) is 19.3 Å². The molecule has 0 aromatic rings. The molecule has 81 heavy (non-hydrogen) atoms. The predicted octanol–water partition coefficient (Wildman–Crippen LogP) is 16.3. The van der Waals surface area contributed by atoms with Crippen molar-refractivity contribution in [1.82, 2.24) is 0 Å². The molecule has 0 radical (unpaired) electrons. The summed E-state index contributed by atoms with van der Waals surface area (Å²) >= 11 is 0. The quantitative estimate of drug-likeness (QED) is 0.0228. The third kappa shape index (κ3) is 44.9. The molecule has 0 bridgehead atoms. The van der Waals surface area contributed by atoms with E-state index in [1.54, 1.807) is 0 Å². The number of hydrogen-bond acceptors (Lipinski definition) is 11. The van der Waals surface area contributed by atoms with Gasteiger partial charge >= 0.3 is 23.9 Å². The van der Waals surface area contributed by atoms with E-state index in [0.717, 1.165) is 148 Å². The summed E-state index contributed by atoms with van der Waals surface area (Å²) in [5.41, 5.74) is 0. The maximum absolute atomic E-state index is 13.1. The Morgan fingerprint density at radius 2 is 0.765 bits per heavy atom. The van der Waals surface area contributed by atoms with Gasteiger partial charge in [-0.1, -0.05) is 218 Å². The smallest absolute Gasteiger partial charge is 0.335 e. The van der Waals surface area contributed by atoms with Crippen LogP contribution in [0, 0.1) is 0 Å². The van der Waals surface area contributed by atoms with Crippen molar-refractivity contribution in [3.8, 4) is 0 Å². The van der Waals surface area contributed by atoms with Crippen LogP contribution in [0.4, 0.5) is 0 Å². The lowest BCUT2D eigenvalue weighted by Gasteiger charge is -2.40. The van der Waals surface area contributed by atoms with E-state index in [4.69, 9.17) is 23.7 Å². The first-order valence-corrected chi connectivity index (χ1v) is 30.8. The van der Waals surface area contributed by atoms with Crippen LogP contribution in [0.3, 0.4) is 0 Å². The van der Waals surface area contributed by atoms with Gasteiger partial charge < -0.3 is 39.0 Å². The van der Waals surface area contributed by atoms with E-state index in [1.807, 2.05) is 12.2 Å². The molecular formula is C69H106O12. The van der Waals surface area contributed by atoms with Crippen molar-refractivity contribution in [3.63, 3.8) is 0 Å². The van der Waals surface area contributed by atoms with Gasteiger partial charge in [-0.15, -0.1) is 0 Å². The lowest BCUT2D eigenvalue weighted by Crippen LogP contribution is -2.61. The second-order valence-electron chi connectivity index (χ2n) is 20.2. The fraction of sp³-hybridized carbons (Fsp3) is 0.594. The molecule has 6 atom stereocenters. The van der Waals surface area contributed by atoms with E-state index < -0.39 is 67.3 Å². The average Bonchev–Trinajstić information content (AvgIpc) is 3.45. The number of allylic oxidation sites excluding steroid dienone is 24. The van der Waals surface area contributed by atoms with Crippen molar-refractivity contribution < 1.29 is 58.2 Å². The summed E-state index contributed by atoms with van der Waals surface area (Å²) in [6.07, 6.45) is 66.8. The number of aliphatic hydroxyl groups is 2. The first-order valence-electron chi connectivity index (χ1n) is 30.8. The molecule has 1 fully saturated rings. The number of hydrogen-bond donors (Lipinski definition) is 3. The van der Waals surface area contributed by atoms with Crippen molar-refractivity contribution in [2.45, 2.75) is 250 Å². The number of carboxylic acid groups (broad SMARTS) is 1. The third-order valence-corrected chi connectivity index (χ3v) is 12.9. The van der Waals surface area contributed by atoms with Crippen LogP contribution in [0.5, 0.6) is 0 Å². The minimum atomic E-state index is -1.93. The van der Waals surface area contributed by atoms with Crippen molar-refractivity contribution in [2.24, 2.45) is 0 Å². The van der Waals surface area contributed by atoms with Gasteiger partial charge in [0.15, 0.2) is 24.6 Å². The van der Waals surface area contributed by atoms with E-state index in [-0.39, 0.29) is 25.9 Å². The Hall–Kier alpha value is -5.40. The molecule has 3 N–H and O–H groups in total. The highest BCUT2D eigenvalue weighted by atomic mass is 16.7. The molecular weight excluding hydrogens is 1020 g/mol. The maximum Gasteiger partial charge on any atom is 0.335 e. The lowest BCUT2D eigenvalue weighted by molar-refractivity contribution is -0.301. The van der Waals surface area contributed by atoms with Gasteiger partial charge in [0.1, 0.15) is 18.8 Å². The highest BCUT2D eigenvalue weighted by Crippen LogP contribution is 2.26. The normalized spacial score (nSPS) is 18.8. The number of unbranched alkanes of at least 4 members (excludes halogenated alkanes) is 12. The summed E-state index contributed by atoms with van der Waals surface area (Å²) in [5.74, 6) is -3.29. The zero-order valence-electron chi connectivity index (χ0n) is 50.0. The molecule has 6 unspecified atom stereocenters. The van der Waals surface area contributed by atoms with Gasteiger partial charge in [0.25, 0.3) is 0 Å². The Morgan fingerprint density at radius 1 is 0.407 bits per heavy atom. The van der Waals surface area contributed by atoms with Gasteiger partial charge in [0.2, 0.25) is 0 Å². The highest BCUT2D eigenvalue weighted by molar-refractivity contribution is 5.74. The monoisotopic (exact) mass is 1130 g/mol. The Labute approximate surface area is 489 Å². The number of carbonyl (C=O) groups is 4. The second-order valence-corrected chi connectivity index (χ2v) is 20.2. The van der Waals surface area contributed by atoms with E-state index in [1.165, 1.54) is 0 Å². The van der Waals surface area contributed by atoms with Crippen molar-refractivity contribution >= 4 is 23.9 Å².